The molecule has 2 aromatic rings. The van der Waals surface area contributed by atoms with E-state index in [0.717, 1.165) is 17.0 Å². The van der Waals surface area contributed by atoms with Gasteiger partial charge in [-0.15, -0.1) is 0 Å². The van der Waals surface area contributed by atoms with Gasteiger partial charge in [0.1, 0.15) is 18.1 Å². The van der Waals surface area contributed by atoms with Gasteiger partial charge in [-0.25, -0.2) is 0 Å². The Balaban J connectivity index is 1.61. The average molecular weight is 316 g/mol. The summed E-state index contributed by atoms with van der Waals surface area (Å²) in [5, 5.41) is 3.90. The fraction of sp³-hybridized carbons (Fsp3) is 0.412. The molecular formula is C17H20N2O4. The van der Waals surface area contributed by atoms with Gasteiger partial charge >= 0.3 is 0 Å². The number of carbonyl (C=O) groups is 1. The SMILES string of the molecule is Cc1noc(C)c1COc1ccc(C(=O)N2CCOCC2)cc1. The first-order valence-corrected chi connectivity index (χ1v) is 7.67. The predicted octanol–water partition coefficient (Wildman–Crippen LogP) is 2.34. The quantitative estimate of drug-likeness (QED) is 0.866. The van der Waals surface area contributed by atoms with Crippen LogP contribution in [0.2, 0.25) is 0 Å². The number of aryl methyl sites for hydroxylation is 2. The summed E-state index contributed by atoms with van der Waals surface area (Å²) in [6.45, 7) is 6.64. The lowest BCUT2D eigenvalue weighted by Crippen LogP contribution is -2.40. The van der Waals surface area contributed by atoms with E-state index in [-0.39, 0.29) is 5.91 Å². The first kappa shape index (κ1) is 15.6. The molecule has 0 bridgehead atoms. The van der Waals surface area contributed by atoms with Gasteiger partial charge in [-0.1, -0.05) is 5.16 Å². The van der Waals surface area contributed by atoms with Crippen molar-refractivity contribution in [1.29, 1.82) is 0 Å². The summed E-state index contributed by atoms with van der Waals surface area (Å²) in [5.74, 6) is 1.51. The molecule has 122 valence electrons. The Morgan fingerprint density at radius 1 is 1.22 bits per heavy atom. The third-order valence-corrected chi connectivity index (χ3v) is 3.96. The monoisotopic (exact) mass is 316 g/mol. The lowest BCUT2D eigenvalue weighted by molar-refractivity contribution is 0.0303. The fourth-order valence-electron chi connectivity index (χ4n) is 2.51. The highest BCUT2D eigenvalue weighted by molar-refractivity contribution is 5.94. The second-order valence-electron chi connectivity index (χ2n) is 5.52. The van der Waals surface area contributed by atoms with Crippen LogP contribution in [0.25, 0.3) is 0 Å². The van der Waals surface area contributed by atoms with E-state index in [4.69, 9.17) is 14.0 Å². The number of hydrogen-bond donors (Lipinski definition) is 0. The number of amides is 1. The molecular weight excluding hydrogens is 296 g/mol. The van der Waals surface area contributed by atoms with Gasteiger partial charge in [0.2, 0.25) is 0 Å². The van der Waals surface area contributed by atoms with E-state index in [1.165, 1.54) is 0 Å². The van der Waals surface area contributed by atoms with Crippen molar-refractivity contribution in [1.82, 2.24) is 10.1 Å². The first-order valence-electron chi connectivity index (χ1n) is 7.67. The molecule has 6 nitrogen and oxygen atoms in total. The van der Waals surface area contributed by atoms with Gasteiger partial charge in [0.05, 0.1) is 24.5 Å². The van der Waals surface area contributed by atoms with Crippen LogP contribution in [0.4, 0.5) is 0 Å². The molecule has 1 aliphatic heterocycles. The molecule has 0 aliphatic carbocycles. The summed E-state index contributed by atoms with van der Waals surface area (Å²) in [4.78, 5) is 14.2. The summed E-state index contributed by atoms with van der Waals surface area (Å²) in [6, 6.07) is 7.21. The number of hydrogen-bond acceptors (Lipinski definition) is 5. The van der Waals surface area contributed by atoms with Gasteiger partial charge in [-0.05, 0) is 38.1 Å². The minimum Gasteiger partial charge on any atom is -0.489 e. The second-order valence-corrected chi connectivity index (χ2v) is 5.52. The van der Waals surface area contributed by atoms with Crippen LogP contribution in [0.5, 0.6) is 5.75 Å². The summed E-state index contributed by atoms with van der Waals surface area (Å²) in [5.41, 5.74) is 2.46. The molecule has 0 unspecified atom stereocenters. The van der Waals surface area contributed by atoms with Crippen LogP contribution in [0.1, 0.15) is 27.4 Å². The van der Waals surface area contributed by atoms with Crippen molar-refractivity contribution in [2.24, 2.45) is 0 Å². The topological polar surface area (TPSA) is 64.8 Å². The molecule has 2 heterocycles. The number of nitrogens with zero attached hydrogens (tertiary/aromatic N) is 2. The van der Waals surface area contributed by atoms with Gasteiger partial charge < -0.3 is 18.9 Å². The van der Waals surface area contributed by atoms with Crippen LogP contribution in [0, 0.1) is 13.8 Å². The maximum atomic E-state index is 12.4. The zero-order chi connectivity index (χ0) is 16.2. The molecule has 1 fully saturated rings. The van der Waals surface area contributed by atoms with Crippen molar-refractivity contribution < 1.29 is 18.8 Å². The van der Waals surface area contributed by atoms with Gasteiger partial charge in [0.15, 0.2) is 0 Å². The summed E-state index contributed by atoms with van der Waals surface area (Å²) in [7, 11) is 0. The standard InChI is InChI=1S/C17H20N2O4/c1-12-16(13(2)23-18-12)11-22-15-5-3-14(4-6-15)17(20)19-7-9-21-10-8-19/h3-6H,7-11H2,1-2H3. The van der Waals surface area contributed by atoms with Crippen LogP contribution in [0.15, 0.2) is 28.8 Å². The van der Waals surface area contributed by atoms with E-state index in [9.17, 15) is 4.79 Å². The summed E-state index contributed by atoms with van der Waals surface area (Å²) < 4.78 is 16.1. The molecule has 6 heteroatoms. The highest BCUT2D eigenvalue weighted by atomic mass is 16.5. The zero-order valence-electron chi connectivity index (χ0n) is 13.4. The highest BCUT2D eigenvalue weighted by Crippen LogP contribution is 2.18. The molecule has 1 amide bonds. The number of ether oxygens (including phenoxy) is 2. The number of aromatic nitrogens is 1. The number of carbonyl (C=O) groups excluding carboxylic acids is 1. The van der Waals surface area contributed by atoms with Crippen molar-refractivity contribution >= 4 is 5.91 Å². The smallest absolute Gasteiger partial charge is 0.254 e. The third-order valence-electron chi connectivity index (χ3n) is 3.96. The molecule has 1 aromatic heterocycles. The fourth-order valence-corrected chi connectivity index (χ4v) is 2.51. The van der Waals surface area contributed by atoms with Crippen molar-refractivity contribution in [2.75, 3.05) is 26.3 Å². The maximum Gasteiger partial charge on any atom is 0.254 e. The van der Waals surface area contributed by atoms with E-state index in [2.05, 4.69) is 5.16 Å². The van der Waals surface area contributed by atoms with Crippen LogP contribution in [-0.2, 0) is 11.3 Å². The Hall–Kier alpha value is -2.34. The lowest BCUT2D eigenvalue weighted by Gasteiger charge is -2.26. The predicted molar refractivity (Wildman–Crippen MR) is 83.5 cm³/mol. The van der Waals surface area contributed by atoms with Crippen LogP contribution in [-0.4, -0.2) is 42.3 Å². The molecule has 0 N–H and O–H groups in total. The van der Waals surface area contributed by atoms with Crippen LogP contribution < -0.4 is 4.74 Å². The minimum atomic E-state index is 0.0329. The van der Waals surface area contributed by atoms with Gasteiger partial charge in [0, 0.05) is 18.7 Å². The largest absolute Gasteiger partial charge is 0.489 e. The Morgan fingerprint density at radius 3 is 2.52 bits per heavy atom. The number of rotatable bonds is 4. The third kappa shape index (κ3) is 3.53. The van der Waals surface area contributed by atoms with Gasteiger partial charge in [0.25, 0.3) is 5.91 Å². The number of benzene rings is 1. The molecule has 0 radical (unpaired) electrons. The van der Waals surface area contributed by atoms with E-state index >= 15 is 0 Å². The average Bonchev–Trinajstić information content (AvgIpc) is 2.92. The van der Waals surface area contributed by atoms with E-state index in [1.54, 1.807) is 12.1 Å². The molecule has 0 spiro atoms. The molecule has 3 rings (SSSR count). The van der Waals surface area contributed by atoms with Crippen molar-refractivity contribution in [3.05, 3.63) is 46.8 Å². The van der Waals surface area contributed by atoms with Crippen molar-refractivity contribution in [2.45, 2.75) is 20.5 Å². The molecule has 0 saturated carbocycles. The second kappa shape index (κ2) is 6.83. The summed E-state index contributed by atoms with van der Waals surface area (Å²) >= 11 is 0. The highest BCUT2D eigenvalue weighted by Gasteiger charge is 2.18. The number of morpholine rings is 1. The van der Waals surface area contributed by atoms with Crippen molar-refractivity contribution in [3.8, 4) is 5.75 Å². The Bertz CT molecular complexity index is 653. The van der Waals surface area contributed by atoms with Gasteiger partial charge in [-0.3, -0.25) is 4.79 Å². The molecule has 0 atom stereocenters. The van der Waals surface area contributed by atoms with E-state index in [1.807, 2.05) is 30.9 Å². The Labute approximate surface area is 135 Å². The van der Waals surface area contributed by atoms with E-state index in [0.29, 0.717) is 44.2 Å². The zero-order valence-corrected chi connectivity index (χ0v) is 13.4. The molecule has 23 heavy (non-hydrogen) atoms. The van der Waals surface area contributed by atoms with Crippen LogP contribution >= 0.6 is 0 Å². The lowest BCUT2D eigenvalue weighted by atomic mass is 10.2. The normalized spacial score (nSPS) is 14.8. The molecule has 1 aromatic carbocycles. The van der Waals surface area contributed by atoms with Crippen LogP contribution in [0.3, 0.4) is 0 Å². The van der Waals surface area contributed by atoms with Gasteiger partial charge in [-0.2, -0.15) is 0 Å². The maximum absolute atomic E-state index is 12.4. The Kier molecular flexibility index (Phi) is 4.62. The Morgan fingerprint density at radius 2 is 1.91 bits per heavy atom. The summed E-state index contributed by atoms with van der Waals surface area (Å²) in [6.07, 6.45) is 0. The first-order chi connectivity index (χ1) is 11.1. The molecule has 1 aliphatic rings. The van der Waals surface area contributed by atoms with Crippen molar-refractivity contribution in [3.63, 3.8) is 0 Å². The minimum absolute atomic E-state index is 0.0329. The molecule has 1 saturated heterocycles. The van der Waals surface area contributed by atoms with E-state index < -0.39 is 0 Å².